The molecule has 1 amide bonds. The first-order valence-electron chi connectivity index (χ1n) is 10.7. The van der Waals surface area contributed by atoms with Crippen molar-refractivity contribution in [3.63, 3.8) is 0 Å². The summed E-state index contributed by atoms with van der Waals surface area (Å²) in [5.41, 5.74) is 0.804. The van der Waals surface area contributed by atoms with Crippen LogP contribution in [0.1, 0.15) is 20.8 Å². The first-order chi connectivity index (χ1) is 16.1. The molecule has 1 N–H and O–H groups in total. The zero-order valence-corrected chi connectivity index (χ0v) is 18.9. The smallest absolute Gasteiger partial charge is 0.410 e. The second kappa shape index (κ2) is 9.35. The van der Waals surface area contributed by atoms with E-state index in [-0.39, 0.29) is 18.8 Å². The van der Waals surface area contributed by atoms with Gasteiger partial charge >= 0.3 is 6.09 Å². The molecular weight excluding hydrogens is 453 g/mol. The third-order valence-corrected chi connectivity index (χ3v) is 4.96. The van der Waals surface area contributed by atoms with Crippen LogP contribution in [0, 0.1) is 0 Å². The normalized spacial score (nSPS) is 18.5. The molecule has 4 rings (SSSR count). The fourth-order valence-corrected chi connectivity index (χ4v) is 3.50. The van der Waals surface area contributed by atoms with Crippen molar-refractivity contribution in [2.45, 2.75) is 45.0 Å². The molecule has 2 atom stereocenters. The minimum absolute atomic E-state index is 0.0700. The van der Waals surface area contributed by atoms with Gasteiger partial charge in [0.25, 0.3) is 6.43 Å². The topological polar surface area (TPSA) is 93.9 Å². The van der Waals surface area contributed by atoms with Gasteiger partial charge in [-0.3, -0.25) is 0 Å². The van der Waals surface area contributed by atoms with Gasteiger partial charge in [0.15, 0.2) is 5.65 Å². The predicted molar refractivity (Wildman–Crippen MR) is 118 cm³/mol. The van der Waals surface area contributed by atoms with Crippen molar-refractivity contribution in [3.05, 3.63) is 36.7 Å². The molecule has 0 aromatic carbocycles. The zero-order chi connectivity index (χ0) is 24.5. The van der Waals surface area contributed by atoms with Gasteiger partial charge < -0.3 is 19.7 Å². The maximum absolute atomic E-state index is 14.6. The van der Waals surface area contributed by atoms with Gasteiger partial charge in [0.2, 0.25) is 0 Å². The Morgan fingerprint density at radius 1 is 1.26 bits per heavy atom. The Balaban J connectivity index is 1.47. The molecule has 1 aliphatic rings. The van der Waals surface area contributed by atoms with Crippen LogP contribution < -0.4 is 10.1 Å². The number of halogens is 3. The Labute approximate surface area is 193 Å². The first kappa shape index (κ1) is 23.6. The van der Waals surface area contributed by atoms with Gasteiger partial charge in [-0.2, -0.15) is 5.10 Å². The number of carbonyl (C=O) groups excluding carboxylic acids is 1. The van der Waals surface area contributed by atoms with Crippen molar-refractivity contribution in [2.24, 2.45) is 0 Å². The predicted octanol–water partition coefficient (Wildman–Crippen LogP) is 3.80. The van der Waals surface area contributed by atoms with Gasteiger partial charge in [-0.25, -0.2) is 32.4 Å². The van der Waals surface area contributed by atoms with E-state index in [0.717, 1.165) is 0 Å². The molecular formula is C22H25F3N6O3. The Morgan fingerprint density at radius 2 is 2.06 bits per heavy atom. The lowest BCUT2D eigenvalue weighted by Crippen LogP contribution is -2.36. The molecule has 12 heteroatoms. The average molecular weight is 478 g/mol. The summed E-state index contributed by atoms with van der Waals surface area (Å²) in [7, 11) is 0. The monoisotopic (exact) mass is 478 g/mol. The van der Waals surface area contributed by atoms with Crippen molar-refractivity contribution in [2.75, 3.05) is 25.0 Å². The number of imidazole rings is 1. The first-order valence-corrected chi connectivity index (χ1v) is 10.7. The van der Waals surface area contributed by atoms with E-state index in [1.54, 1.807) is 45.2 Å². The number of ether oxygens (including phenoxy) is 2. The molecule has 0 aliphatic carbocycles. The summed E-state index contributed by atoms with van der Waals surface area (Å²) < 4.78 is 51.2. The van der Waals surface area contributed by atoms with E-state index in [2.05, 4.69) is 20.4 Å². The molecule has 3 aromatic heterocycles. The van der Waals surface area contributed by atoms with Crippen molar-refractivity contribution < 1.29 is 27.4 Å². The molecule has 1 saturated heterocycles. The molecule has 0 spiro atoms. The average Bonchev–Trinajstić information content (AvgIpc) is 3.34. The number of likely N-dealkylation sites (tertiary alicyclic amines) is 1. The number of hydrogen-bond acceptors (Lipinski definition) is 7. The van der Waals surface area contributed by atoms with E-state index < -0.39 is 36.9 Å². The summed E-state index contributed by atoms with van der Waals surface area (Å²) in [5.74, 6) is 0.598. The number of alkyl halides is 3. The summed E-state index contributed by atoms with van der Waals surface area (Å²) in [5, 5.41) is 7.25. The van der Waals surface area contributed by atoms with Crippen LogP contribution in [0.5, 0.6) is 5.75 Å². The summed E-state index contributed by atoms with van der Waals surface area (Å²) >= 11 is 0. The van der Waals surface area contributed by atoms with Gasteiger partial charge in [0.1, 0.15) is 35.6 Å². The van der Waals surface area contributed by atoms with Crippen LogP contribution in [-0.4, -0.2) is 74.5 Å². The van der Waals surface area contributed by atoms with Crippen LogP contribution >= 0.6 is 0 Å². The van der Waals surface area contributed by atoms with E-state index in [9.17, 15) is 18.0 Å². The number of rotatable bonds is 6. The number of aromatic nitrogens is 4. The molecule has 0 bridgehead atoms. The second-order valence-corrected chi connectivity index (χ2v) is 8.87. The van der Waals surface area contributed by atoms with E-state index in [0.29, 0.717) is 22.9 Å². The van der Waals surface area contributed by atoms with Crippen LogP contribution in [-0.2, 0) is 4.74 Å². The molecule has 9 nitrogen and oxygen atoms in total. The summed E-state index contributed by atoms with van der Waals surface area (Å²) in [6.45, 7) is 4.60. The van der Waals surface area contributed by atoms with Crippen molar-refractivity contribution in [3.8, 4) is 17.1 Å². The Morgan fingerprint density at radius 3 is 2.79 bits per heavy atom. The van der Waals surface area contributed by atoms with Gasteiger partial charge in [0.05, 0.1) is 30.7 Å². The molecule has 0 saturated carbocycles. The molecule has 182 valence electrons. The molecule has 4 heterocycles. The highest BCUT2D eigenvalue weighted by Gasteiger charge is 2.37. The van der Waals surface area contributed by atoms with Gasteiger partial charge in [-0.1, -0.05) is 6.07 Å². The minimum atomic E-state index is -2.59. The molecule has 1 aliphatic heterocycles. The van der Waals surface area contributed by atoms with Crippen LogP contribution in [0.2, 0.25) is 0 Å². The molecule has 34 heavy (non-hydrogen) atoms. The van der Waals surface area contributed by atoms with Crippen molar-refractivity contribution in [1.29, 1.82) is 0 Å². The van der Waals surface area contributed by atoms with Gasteiger partial charge in [-0.05, 0) is 32.9 Å². The largest absolute Gasteiger partial charge is 0.486 e. The number of nitrogens with one attached hydrogen (secondary N) is 1. The van der Waals surface area contributed by atoms with Crippen LogP contribution in [0.15, 0.2) is 36.7 Å². The lowest BCUT2D eigenvalue weighted by Gasteiger charge is -2.24. The zero-order valence-electron chi connectivity index (χ0n) is 18.9. The molecule has 3 aromatic rings. The Kier molecular flexibility index (Phi) is 6.49. The number of nitrogens with zero attached hydrogens (tertiary/aromatic N) is 5. The summed E-state index contributed by atoms with van der Waals surface area (Å²) in [6, 6.07) is 6.03. The van der Waals surface area contributed by atoms with E-state index in [4.69, 9.17) is 9.47 Å². The van der Waals surface area contributed by atoms with Crippen LogP contribution in [0.25, 0.3) is 17.0 Å². The standard InChI is InChI=1S/C22H25F3N6O3/c1-22(2,3)34-21(32)30-10-14(23)16(11-30)29-19-6-4-5-15(28-19)17-9-26-20-7-13(8-27-31(17)20)33-12-18(24)25/h4-9,14,16,18H,10-12H2,1-3H3,(H,28,29)/t14-,16-/m0/s1. The summed E-state index contributed by atoms with van der Waals surface area (Å²) in [6.07, 6.45) is -1.58. The van der Waals surface area contributed by atoms with Crippen LogP contribution in [0.3, 0.4) is 0 Å². The molecule has 1 fully saturated rings. The lowest BCUT2D eigenvalue weighted by atomic mass is 10.2. The third kappa shape index (κ3) is 5.49. The number of hydrogen-bond donors (Lipinski definition) is 1. The SMILES string of the molecule is CC(C)(C)OC(=O)N1C[C@H](Nc2cccc(-c3cnc4cc(OCC(F)F)cnn34)n2)[C@@H](F)C1. The van der Waals surface area contributed by atoms with Gasteiger partial charge in [-0.15, -0.1) is 0 Å². The van der Waals surface area contributed by atoms with Crippen LogP contribution in [0.4, 0.5) is 23.8 Å². The number of anilines is 1. The van der Waals surface area contributed by atoms with Gasteiger partial charge in [0, 0.05) is 12.6 Å². The summed E-state index contributed by atoms with van der Waals surface area (Å²) in [4.78, 5) is 22.4. The number of pyridine rings is 1. The minimum Gasteiger partial charge on any atom is -0.486 e. The second-order valence-electron chi connectivity index (χ2n) is 8.87. The number of amides is 1. The molecule has 0 radical (unpaired) electrons. The van der Waals surface area contributed by atoms with Crippen molar-refractivity contribution >= 4 is 17.6 Å². The Bertz CT molecular complexity index is 1170. The highest BCUT2D eigenvalue weighted by Crippen LogP contribution is 2.24. The highest BCUT2D eigenvalue weighted by molar-refractivity contribution is 5.69. The van der Waals surface area contributed by atoms with E-state index in [1.807, 2.05) is 0 Å². The van der Waals surface area contributed by atoms with E-state index >= 15 is 0 Å². The third-order valence-electron chi connectivity index (χ3n) is 4.96. The number of carbonyl (C=O) groups is 1. The fraction of sp³-hybridized carbons (Fsp3) is 0.455. The Hall–Kier alpha value is -3.57. The maximum Gasteiger partial charge on any atom is 0.410 e. The highest BCUT2D eigenvalue weighted by atomic mass is 19.3. The van der Waals surface area contributed by atoms with Crippen molar-refractivity contribution in [1.82, 2.24) is 24.5 Å². The fourth-order valence-electron chi connectivity index (χ4n) is 3.50. The quantitative estimate of drug-likeness (QED) is 0.576. The maximum atomic E-state index is 14.6. The molecule has 0 unspecified atom stereocenters. The van der Waals surface area contributed by atoms with E-state index in [1.165, 1.54) is 21.7 Å². The lowest BCUT2D eigenvalue weighted by molar-refractivity contribution is 0.0283. The number of fused-ring (bicyclic) bond motifs is 1.